The molecule has 1 aromatic heterocycles. The van der Waals surface area contributed by atoms with Crippen molar-refractivity contribution in [3.63, 3.8) is 0 Å². The van der Waals surface area contributed by atoms with Gasteiger partial charge in [0.15, 0.2) is 0 Å². The van der Waals surface area contributed by atoms with Gasteiger partial charge in [0, 0.05) is 38.4 Å². The van der Waals surface area contributed by atoms with Crippen LogP contribution in [-0.4, -0.2) is 47.8 Å². The molecule has 0 bridgehead atoms. The minimum atomic E-state index is -0.458. The zero-order chi connectivity index (χ0) is 17.9. The van der Waals surface area contributed by atoms with E-state index in [1.165, 1.54) is 5.56 Å². The van der Waals surface area contributed by atoms with Crippen molar-refractivity contribution in [2.24, 2.45) is 5.73 Å². The molecule has 1 saturated heterocycles. The van der Waals surface area contributed by atoms with Gasteiger partial charge < -0.3 is 20.3 Å². The average molecular weight is 334 g/mol. The van der Waals surface area contributed by atoms with Crippen LogP contribution in [0, 0.1) is 6.92 Å². The van der Waals surface area contributed by atoms with Gasteiger partial charge in [0.2, 0.25) is 0 Å². The highest BCUT2D eigenvalue weighted by Gasteiger charge is 2.26. The Hall–Kier alpha value is -1.82. The quantitative estimate of drug-likeness (QED) is 0.920. The third-order valence-electron chi connectivity index (χ3n) is 4.23. The number of aromatic nitrogens is 1. The number of pyridine rings is 1. The zero-order valence-electron chi connectivity index (χ0n) is 15.5. The molecule has 0 aliphatic carbocycles. The highest BCUT2D eigenvalue weighted by molar-refractivity contribution is 5.68. The summed E-state index contributed by atoms with van der Waals surface area (Å²) in [4.78, 5) is 20.7. The maximum absolute atomic E-state index is 12.1. The number of hydrogen-bond acceptors (Lipinski definition) is 5. The SMILES string of the molecule is CC[C@@H](N)c1cnc(N2CCN(C(=O)OC(C)(C)C)CC2)cc1C. The van der Waals surface area contributed by atoms with E-state index < -0.39 is 5.60 Å². The third-order valence-corrected chi connectivity index (χ3v) is 4.23. The minimum Gasteiger partial charge on any atom is -0.444 e. The lowest BCUT2D eigenvalue weighted by Crippen LogP contribution is -2.50. The summed E-state index contributed by atoms with van der Waals surface area (Å²) in [5, 5.41) is 0. The molecule has 2 N–H and O–H groups in total. The van der Waals surface area contributed by atoms with Gasteiger partial charge in [-0.05, 0) is 51.3 Å². The number of nitrogens with two attached hydrogens (primary N) is 1. The second-order valence-corrected chi connectivity index (χ2v) is 7.37. The molecule has 6 nitrogen and oxygen atoms in total. The molecule has 1 fully saturated rings. The molecule has 24 heavy (non-hydrogen) atoms. The second kappa shape index (κ2) is 7.38. The van der Waals surface area contributed by atoms with Gasteiger partial charge in [-0.2, -0.15) is 0 Å². The van der Waals surface area contributed by atoms with Gasteiger partial charge in [0.25, 0.3) is 0 Å². The van der Waals surface area contributed by atoms with Crippen molar-refractivity contribution in [1.29, 1.82) is 0 Å². The number of rotatable bonds is 3. The topological polar surface area (TPSA) is 71.7 Å². The van der Waals surface area contributed by atoms with Crippen molar-refractivity contribution >= 4 is 11.9 Å². The molecule has 2 heterocycles. The van der Waals surface area contributed by atoms with Gasteiger partial charge >= 0.3 is 6.09 Å². The Kier molecular flexibility index (Phi) is 5.70. The molecule has 1 atom stereocenters. The number of aryl methyl sites for hydroxylation is 1. The molecule has 1 aliphatic heterocycles. The van der Waals surface area contributed by atoms with Crippen molar-refractivity contribution in [2.45, 2.75) is 52.7 Å². The first-order valence-electron chi connectivity index (χ1n) is 8.66. The van der Waals surface area contributed by atoms with Crippen LogP contribution in [0.5, 0.6) is 0 Å². The molecule has 1 aliphatic rings. The van der Waals surface area contributed by atoms with Gasteiger partial charge in [-0.1, -0.05) is 6.92 Å². The van der Waals surface area contributed by atoms with E-state index in [4.69, 9.17) is 10.5 Å². The first-order valence-corrected chi connectivity index (χ1v) is 8.66. The summed E-state index contributed by atoms with van der Waals surface area (Å²) in [6.07, 6.45) is 2.55. The van der Waals surface area contributed by atoms with E-state index in [0.717, 1.165) is 30.9 Å². The number of hydrogen-bond donors (Lipinski definition) is 1. The number of carbonyl (C=O) groups excluding carboxylic acids is 1. The van der Waals surface area contributed by atoms with E-state index in [-0.39, 0.29) is 12.1 Å². The second-order valence-electron chi connectivity index (χ2n) is 7.37. The van der Waals surface area contributed by atoms with E-state index in [9.17, 15) is 4.79 Å². The van der Waals surface area contributed by atoms with Gasteiger partial charge in [0.1, 0.15) is 11.4 Å². The van der Waals surface area contributed by atoms with Crippen LogP contribution in [0.3, 0.4) is 0 Å². The number of nitrogens with zero attached hydrogens (tertiary/aromatic N) is 3. The number of anilines is 1. The molecule has 0 spiro atoms. The van der Waals surface area contributed by atoms with Crippen LogP contribution in [0.25, 0.3) is 0 Å². The van der Waals surface area contributed by atoms with Crippen LogP contribution in [0.2, 0.25) is 0 Å². The standard InChI is InChI=1S/C18H30N4O2/c1-6-15(19)14-12-20-16(11-13(14)2)21-7-9-22(10-8-21)17(23)24-18(3,4)5/h11-12,15H,6-10,19H2,1-5H3/t15-/m1/s1. The number of carbonyl (C=O) groups is 1. The number of piperazine rings is 1. The third kappa shape index (κ3) is 4.60. The summed E-state index contributed by atoms with van der Waals surface area (Å²) in [5.41, 5.74) is 7.93. The Morgan fingerprint density at radius 2 is 1.96 bits per heavy atom. The molecule has 0 radical (unpaired) electrons. The molecule has 2 rings (SSSR count). The van der Waals surface area contributed by atoms with E-state index in [1.54, 1.807) is 4.90 Å². The predicted molar refractivity (Wildman–Crippen MR) is 96.2 cm³/mol. The molecule has 1 aromatic rings. The molecular weight excluding hydrogens is 304 g/mol. The van der Waals surface area contributed by atoms with Crippen LogP contribution >= 0.6 is 0 Å². The smallest absolute Gasteiger partial charge is 0.410 e. The molecular formula is C18H30N4O2. The van der Waals surface area contributed by atoms with E-state index in [2.05, 4.69) is 29.8 Å². The largest absolute Gasteiger partial charge is 0.444 e. The summed E-state index contributed by atoms with van der Waals surface area (Å²) in [6.45, 7) is 12.6. The highest BCUT2D eigenvalue weighted by Crippen LogP contribution is 2.22. The van der Waals surface area contributed by atoms with Gasteiger partial charge in [-0.15, -0.1) is 0 Å². The average Bonchev–Trinajstić information content (AvgIpc) is 2.52. The Morgan fingerprint density at radius 1 is 1.33 bits per heavy atom. The summed E-state index contributed by atoms with van der Waals surface area (Å²) >= 11 is 0. The fraction of sp³-hybridized carbons (Fsp3) is 0.667. The van der Waals surface area contributed by atoms with Crippen LogP contribution < -0.4 is 10.6 Å². The van der Waals surface area contributed by atoms with E-state index in [0.29, 0.717) is 13.1 Å². The summed E-state index contributed by atoms with van der Waals surface area (Å²) in [5.74, 6) is 0.948. The monoisotopic (exact) mass is 334 g/mol. The van der Waals surface area contributed by atoms with E-state index in [1.807, 2.05) is 27.0 Å². The summed E-state index contributed by atoms with van der Waals surface area (Å²) in [6, 6.07) is 2.13. The van der Waals surface area contributed by atoms with Crippen LogP contribution in [0.15, 0.2) is 12.3 Å². The Balaban J connectivity index is 1.97. The minimum absolute atomic E-state index is 0.0376. The van der Waals surface area contributed by atoms with Gasteiger partial charge in [-0.25, -0.2) is 9.78 Å². The van der Waals surface area contributed by atoms with Crippen LogP contribution in [0.4, 0.5) is 10.6 Å². The molecule has 0 aromatic carbocycles. The first-order chi connectivity index (χ1) is 11.2. The zero-order valence-corrected chi connectivity index (χ0v) is 15.5. The summed E-state index contributed by atoms with van der Waals surface area (Å²) < 4.78 is 5.43. The number of amides is 1. The van der Waals surface area contributed by atoms with Crippen molar-refractivity contribution in [2.75, 3.05) is 31.1 Å². The molecule has 134 valence electrons. The Labute approximate surface area is 145 Å². The molecule has 1 amide bonds. The maximum atomic E-state index is 12.1. The van der Waals surface area contributed by atoms with Crippen molar-refractivity contribution in [1.82, 2.24) is 9.88 Å². The Morgan fingerprint density at radius 3 is 2.46 bits per heavy atom. The van der Waals surface area contributed by atoms with Crippen LogP contribution in [-0.2, 0) is 4.74 Å². The normalized spacial score (nSPS) is 16.9. The molecule has 6 heteroatoms. The fourth-order valence-corrected chi connectivity index (χ4v) is 2.78. The van der Waals surface area contributed by atoms with Crippen molar-refractivity contribution in [3.05, 3.63) is 23.4 Å². The van der Waals surface area contributed by atoms with Crippen LogP contribution in [0.1, 0.15) is 51.3 Å². The lowest BCUT2D eigenvalue weighted by Gasteiger charge is -2.36. The van der Waals surface area contributed by atoms with Gasteiger partial charge in [0.05, 0.1) is 0 Å². The highest BCUT2D eigenvalue weighted by atomic mass is 16.6. The predicted octanol–water partition coefficient (Wildman–Crippen LogP) is 2.86. The van der Waals surface area contributed by atoms with Crippen molar-refractivity contribution < 1.29 is 9.53 Å². The van der Waals surface area contributed by atoms with E-state index >= 15 is 0 Å². The lowest BCUT2D eigenvalue weighted by molar-refractivity contribution is 0.0240. The fourth-order valence-electron chi connectivity index (χ4n) is 2.78. The Bertz CT molecular complexity index is 575. The molecule has 0 unspecified atom stereocenters. The maximum Gasteiger partial charge on any atom is 0.410 e. The van der Waals surface area contributed by atoms with Crippen molar-refractivity contribution in [3.8, 4) is 0 Å². The lowest BCUT2D eigenvalue weighted by atomic mass is 10.0. The number of ether oxygens (including phenoxy) is 1. The first kappa shape index (κ1) is 18.5. The summed E-state index contributed by atoms with van der Waals surface area (Å²) in [7, 11) is 0. The van der Waals surface area contributed by atoms with Gasteiger partial charge in [-0.3, -0.25) is 0 Å². The molecule has 0 saturated carbocycles.